The molecule has 0 saturated carbocycles. The van der Waals surface area contributed by atoms with Gasteiger partial charge >= 0.3 is 0 Å². The molecule has 0 spiro atoms. The number of nitrogens with one attached hydrogen (secondary N) is 1. The molecule has 0 bridgehead atoms. The van der Waals surface area contributed by atoms with Crippen LogP contribution in [-0.2, 0) is 6.61 Å². The summed E-state index contributed by atoms with van der Waals surface area (Å²) in [5.74, 6) is 0.358. The van der Waals surface area contributed by atoms with Gasteiger partial charge in [-0.05, 0) is 42.0 Å². The van der Waals surface area contributed by atoms with Crippen molar-refractivity contribution in [2.24, 2.45) is 0 Å². The maximum atomic E-state index is 12.6. The summed E-state index contributed by atoms with van der Waals surface area (Å²) < 4.78 is 6.81. The van der Waals surface area contributed by atoms with Crippen molar-refractivity contribution in [3.05, 3.63) is 106 Å². The molecule has 1 aliphatic rings. The molecule has 0 aliphatic heterocycles. The van der Waals surface area contributed by atoms with Crippen molar-refractivity contribution in [1.29, 1.82) is 0 Å². The van der Waals surface area contributed by atoms with Crippen molar-refractivity contribution in [3.8, 4) is 5.75 Å². The average Bonchev–Trinajstić information content (AvgIpc) is 2.72. The minimum atomic E-state index is -0.189. The van der Waals surface area contributed by atoms with Crippen molar-refractivity contribution in [1.82, 2.24) is 0 Å². The van der Waals surface area contributed by atoms with E-state index >= 15 is 0 Å². The Morgan fingerprint density at radius 1 is 0.821 bits per heavy atom. The summed E-state index contributed by atoms with van der Waals surface area (Å²) in [5, 5.41) is 3.04. The van der Waals surface area contributed by atoms with Gasteiger partial charge in [0, 0.05) is 27.4 Å². The third-order valence-electron chi connectivity index (χ3n) is 4.41. The van der Waals surface area contributed by atoms with Crippen LogP contribution in [0.2, 0.25) is 0 Å². The zero-order valence-corrected chi connectivity index (χ0v) is 16.4. The molecule has 3 aromatic carbocycles. The Labute approximate surface area is 171 Å². The number of halogens is 1. The number of anilines is 1. The highest BCUT2D eigenvalue weighted by molar-refractivity contribution is 9.10. The molecular weight excluding hydrogens is 418 g/mol. The van der Waals surface area contributed by atoms with Gasteiger partial charge in [-0.3, -0.25) is 9.59 Å². The van der Waals surface area contributed by atoms with Crippen LogP contribution in [0.15, 0.2) is 89.0 Å². The third-order valence-corrected chi connectivity index (χ3v) is 4.94. The number of rotatable bonds is 5. The number of hydrogen-bond acceptors (Lipinski definition) is 4. The van der Waals surface area contributed by atoms with Gasteiger partial charge in [0.05, 0.1) is 5.70 Å². The smallest absolute Gasteiger partial charge is 0.210 e. The molecule has 0 heterocycles. The first-order chi connectivity index (χ1) is 13.6. The summed E-state index contributed by atoms with van der Waals surface area (Å²) in [6.07, 6.45) is 1.35. The molecule has 1 N–H and O–H groups in total. The Balaban J connectivity index is 1.43. The monoisotopic (exact) mass is 433 g/mol. The highest BCUT2D eigenvalue weighted by atomic mass is 79.9. The van der Waals surface area contributed by atoms with Gasteiger partial charge in [-0.15, -0.1) is 0 Å². The fourth-order valence-corrected chi connectivity index (χ4v) is 3.21. The molecule has 0 unspecified atom stereocenters. The molecule has 28 heavy (non-hydrogen) atoms. The molecule has 0 aromatic heterocycles. The van der Waals surface area contributed by atoms with E-state index in [0.29, 0.717) is 23.4 Å². The Morgan fingerprint density at radius 3 is 2.21 bits per heavy atom. The SMILES string of the molecule is O=C1C=C(Nc2ccc(OCc3ccc(Br)cc3)cc2)C(=O)c2ccccc21. The van der Waals surface area contributed by atoms with E-state index in [2.05, 4.69) is 21.2 Å². The van der Waals surface area contributed by atoms with Crippen LogP contribution in [0.3, 0.4) is 0 Å². The van der Waals surface area contributed by atoms with E-state index in [-0.39, 0.29) is 17.3 Å². The van der Waals surface area contributed by atoms with Crippen molar-refractivity contribution >= 4 is 33.2 Å². The van der Waals surface area contributed by atoms with Gasteiger partial charge in [-0.2, -0.15) is 0 Å². The minimum Gasteiger partial charge on any atom is -0.489 e. The number of carbonyl (C=O) groups excluding carboxylic acids is 2. The molecule has 0 saturated heterocycles. The van der Waals surface area contributed by atoms with Crippen LogP contribution < -0.4 is 10.1 Å². The zero-order chi connectivity index (χ0) is 19.5. The third kappa shape index (κ3) is 3.89. The summed E-state index contributed by atoms with van der Waals surface area (Å²) in [6, 6.07) is 22.1. The Bertz CT molecular complexity index is 1070. The van der Waals surface area contributed by atoms with Gasteiger partial charge in [0.25, 0.3) is 0 Å². The summed E-state index contributed by atoms with van der Waals surface area (Å²) in [6.45, 7) is 0.467. The van der Waals surface area contributed by atoms with E-state index in [0.717, 1.165) is 15.8 Å². The lowest BCUT2D eigenvalue weighted by molar-refractivity contribution is 0.0985. The van der Waals surface area contributed by atoms with Crippen molar-refractivity contribution in [3.63, 3.8) is 0 Å². The van der Waals surface area contributed by atoms with E-state index in [9.17, 15) is 9.59 Å². The standard InChI is InChI=1S/C23H16BrNO3/c24-16-7-5-15(6-8-16)14-28-18-11-9-17(10-12-18)25-21-13-22(26)19-3-1-2-4-20(19)23(21)27/h1-13,25H,14H2. The normalized spacial score (nSPS) is 13.0. The average molecular weight is 434 g/mol. The Hall–Kier alpha value is -3.18. The number of ketones is 2. The quantitative estimate of drug-likeness (QED) is 0.584. The first kappa shape index (κ1) is 18.2. The summed E-state index contributed by atoms with van der Waals surface area (Å²) >= 11 is 3.41. The van der Waals surface area contributed by atoms with Crippen molar-refractivity contribution < 1.29 is 14.3 Å². The van der Waals surface area contributed by atoms with Crippen LogP contribution in [0.1, 0.15) is 26.3 Å². The number of hydrogen-bond donors (Lipinski definition) is 1. The number of benzene rings is 3. The summed E-state index contributed by atoms with van der Waals surface area (Å²) in [5.41, 5.74) is 2.91. The molecule has 138 valence electrons. The van der Waals surface area contributed by atoms with Gasteiger partial charge in [0.15, 0.2) is 5.78 Å². The second-order valence-corrected chi connectivity index (χ2v) is 7.28. The molecule has 1 aliphatic carbocycles. The second-order valence-electron chi connectivity index (χ2n) is 6.36. The van der Waals surface area contributed by atoms with Crippen LogP contribution >= 0.6 is 15.9 Å². The first-order valence-electron chi connectivity index (χ1n) is 8.74. The molecule has 0 atom stereocenters. The largest absolute Gasteiger partial charge is 0.489 e. The van der Waals surface area contributed by atoms with E-state index in [4.69, 9.17) is 4.74 Å². The van der Waals surface area contributed by atoms with Gasteiger partial charge in [0.2, 0.25) is 5.78 Å². The van der Waals surface area contributed by atoms with Gasteiger partial charge in [0.1, 0.15) is 12.4 Å². The predicted molar refractivity (Wildman–Crippen MR) is 112 cm³/mol. The highest BCUT2D eigenvalue weighted by Crippen LogP contribution is 2.24. The molecule has 0 fully saturated rings. The Morgan fingerprint density at radius 2 is 1.50 bits per heavy atom. The molecule has 0 amide bonds. The molecule has 4 nitrogen and oxygen atoms in total. The maximum Gasteiger partial charge on any atom is 0.210 e. The highest BCUT2D eigenvalue weighted by Gasteiger charge is 2.25. The van der Waals surface area contributed by atoms with Crippen LogP contribution in [0, 0.1) is 0 Å². The fourth-order valence-electron chi connectivity index (χ4n) is 2.95. The number of ether oxygens (including phenoxy) is 1. The van der Waals surface area contributed by atoms with E-state index < -0.39 is 0 Å². The molecule has 4 rings (SSSR count). The predicted octanol–water partition coefficient (Wildman–Crippen LogP) is 5.40. The van der Waals surface area contributed by atoms with Gasteiger partial charge < -0.3 is 10.1 Å². The van der Waals surface area contributed by atoms with E-state index in [1.165, 1.54) is 6.08 Å². The van der Waals surface area contributed by atoms with Crippen molar-refractivity contribution in [2.45, 2.75) is 6.61 Å². The van der Waals surface area contributed by atoms with Crippen LogP contribution in [0.4, 0.5) is 5.69 Å². The lowest BCUT2D eigenvalue weighted by Crippen LogP contribution is -2.21. The lowest BCUT2D eigenvalue weighted by atomic mass is 9.92. The molecule has 3 aromatic rings. The fraction of sp³-hybridized carbons (Fsp3) is 0.0435. The van der Waals surface area contributed by atoms with Crippen LogP contribution in [0.25, 0.3) is 0 Å². The van der Waals surface area contributed by atoms with E-state index in [1.54, 1.807) is 24.3 Å². The molecule has 0 radical (unpaired) electrons. The lowest BCUT2D eigenvalue weighted by Gasteiger charge is -2.16. The topological polar surface area (TPSA) is 55.4 Å². The molecule has 5 heteroatoms. The zero-order valence-electron chi connectivity index (χ0n) is 14.8. The van der Waals surface area contributed by atoms with Crippen LogP contribution in [-0.4, -0.2) is 11.6 Å². The number of allylic oxidation sites excluding steroid dienone is 2. The maximum absolute atomic E-state index is 12.6. The van der Waals surface area contributed by atoms with Gasteiger partial charge in [-0.25, -0.2) is 0 Å². The Kier molecular flexibility index (Phi) is 5.08. The van der Waals surface area contributed by atoms with Gasteiger partial charge in [-0.1, -0.05) is 52.3 Å². The number of fused-ring (bicyclic) bond motifs is 1. The van der Waals surface area contributed by atoms with E-state index in [1.807, 2.05) is 48.5 Å². The number of carbonyl (C=O) groups is 2. The first-order valence-corrected chi connectivity index (χ1v) is 9.53. The van der Waals surface area contributed by atoms with Crippen LogP contribution in [0.5, 0.6) is 5.75 Å². The number of Topliss-reactive ketones (excluding diaryl/α,β-unsaturated/α-hetero) is 1. The summed E-state index contributed by atoms with van der Waals surface area (Å²) in [7, 11) is 0. The minimum absolute atomic E-state index is 0.174. The van der Waals surface area contributed by atoms with Crippen molar-refractivity contribution in [2.75, 3.05) is 5.32 Å². The second kappa shape index (κ2) is 7.82. The molecular formula is C23H16BrNO3. The summed E-state index contributed by atoms with van der Waals surface area (Å²) in [4.78, 5) is 24.8.